The van der Waals surface area contributed by atoms with Crippen LogP contribution in [0.3, 0.4) is 0 Å². The maximum Gasteiger partial charge on any atom is 0.266 e. The largest absolute Gasteiger partial charge is 0.486 e. The van der Waals surface area contributed by atoms with Crippen molar-refractivity contribution in [2.75, 3.05) is 10.6 Å². The standard InChI is InChI=1S/C30H25IN4O2S/c1-19-3-8-22(9-4-19)32-30(38)33-23-10-12-24(13-11-23)35-28(18-37-25-14-5-20(2)6-15-25)34-27-16-7-21(31)17-26(27)29(35)36/h3-17H,18H2,1-2H3,(H2,32,33,38). The number of nitrogens with one attached hydrogen (secondary N) is 2. The summed E-state index contributed by atoms with van der Waals surface area (Å²) in [5.74, 6) is 1.23. The van der Waals surface area contributed by atoms with Gasteiger partial charge in [0.2, 0.25) is 0 Å². The van der Waals surface area contributed by atoms with E-state index >= 15 is 0 Å². The van der Waals surface area contributed by atoms with Crippen LogP contribution in [0.15, 0.2) is 95.8 Å². The van der Waals surface area contributed by atoms with Crippen LogP contribution in [-0.2, 0) is 6.61 Å². The number of halogens is 1. The molecule has 190 valence electrons. The van der Waals surface area contributed by atoms with Crippen molar-refractivity contribution in [1.29, 1.82) is 0 Å². The van der Waals surface area contributed by atoms with Crippen molar-refractivity contribution in [2.45, 2.75) is 20.5 Å². The fraction of sp³-hybridized carbons (Fsp3) is 0.100. The van der Waals surface area contributed by atoms with Crippen molar-refractivity contribution in [3.63, 3.8) is 0 Å². The summed E-state index contributed by atoms with van der Waals surface area (Å²) >= 11 is 7.67. The van der Waals surface area contributed by atoms with Gasteiger partial charge in [0, 0.05) is 14.9 Å². The number of ether oxygens (including phenoxy) is 1. The SMILES string of the molecule is Cc1ccc(NC(=S)Nc2ccc(-n3c(COc4ccc(C)cc4)nc4ccc(I)cc4c3=O)cc2)cc1. The topological polar surface area (TPSA) is 68.2 Å². The summed E-state index contributed by atoms with van der Waals surface area (Å²) in [4.78, 5) is 18.5. The Morgan fingerprint density at radius 3 is 2.08 bits per heavy atom. The van der Waals surface area contributed by atoms with E-state index in [-0.39, 0.29) is 12.2 Å². The average molecular weight is 633 g/mol. The lowest BCUT2D eigenvalue weighted by Crippen LogP contribution is -2.25. The Labute approximate surface area is 239 Å². The Morgan fingerprint density at radius 1 is 0.868 bits per heavy atom. The van der Waals surface area contributed by atoms with Crippen LogP contribution in [0.1, 0.15) is 17.0 Å². The van der Waals surface area contributed by atoms with Gasteiger partial charge < -0.3 is 15.4 Å². The lowest BCUT2D eigenvalue weighted by molar-refractivity contribution is 0.292. The molecule has 0 aliphatic rings. The van der Waals surface area contributed by atoms with E-state index in [0.717, 1.165) is 20.5 Å². The van der Waals surface area contributed by atoms with Crippen molar-refractivity contribution in [1.82, 2.24) is 9.55 Å². The molecule has 4 aromatic carbocycles. The molecule has 0 spiro atoms. The first-order valence-electron chi connectivity index (χ1n) is 12.0. The number of aryl methyl sites for hydroxylation is 2. The minimum absolute atomic E-state index is 0.144. The zero-order valence-electron chi connectivity index (χ0n) is 20.9. The van der Waals surface area contributed by atoms with E-state index in [4.69, 9.17) is 21.9 Å². The summed E-state index contributed by atoms with van der Waals surface area (Å²) in [6.45, 7) is 4.21. The van der Waals surface area contributed by atoms with Gasteiger partial charge in [-0.25, -0.2) is 4.98 Å². The molecule has 6 nitrogen and oxygen atoms in total. The van der Waals surface area contributed by atoms with E-state index < -0.39 is 0 Å². The zero-order chi connectivity index (χ0) is 26.6. The number of benzene rings is 4. The number of thiocarbonyl (C=S) groups is 1. The van der Waals surface area contributed by atoms with Gasteiger partial charge in [-0.15, -0.1) is 0 Å². The number of aromatic nitrogens is 2. The number of fused-ring (bicyclic) bond motifs is 1. The minimum Gasteiger partial charge on any atom is -0.486 e. The summed E-state index contributed by atoms with van der Waals surface area (Å²) in [5, 5.41) is 7.41. The fourth-order valence-electron chi connectivity index (χ4n) is 3.97. The van der Waals surface area contributed by atoms with Crippen LogP contribution < -0.4 is 20.9 Å². The molecule has 0 atom stereocenters. The summed E-state index contributed by atoms with van der Waals surface area (Å²) in [6.07, 6.45) is 0. The summed E-state index contributed by atoms with van der Waals surface area (Å²) in [7, 11) is 0. The summed E-state index contributed by atoms with van der Waals surface area (Å²) < 4.78 is 8.60. The second-order valence-electron chi connectivity index (χ2n) is 8.92. The molecule has 0 bridgehead atoms. The third-order valence-corrected chi connectivity index (χ3v) is 6.86. The van der Waals surface area contributed by atoms with E-state index in [1.807, 2.05) is 105 Å². The Kier molecular flexibility index (Phi) is 7.71. The molecule has 5 aromatic rings. The van der Waals surface area contributed by atoms with E-state index in [0.29, 0.717) is 33.3 Å². The van der Waals surface area contributed by atoms with E-state index in [2.05, 4.69) is 33.2 Å². The van der Waals surface area contributed by atoms with Crippen LogP contribution in [0, 0.1) is 17.4 Å². The normalized spacial score (nSPS) is 10.8. The van der Waals surface area contributed by atoms with Crippen molar-refractivity contribution in [3.05, 3.63) is 122 Å². The van der Waals surface area contributed by atoms with Gasteiger partial charge in [-0.05, 0) is 115 Å². The maximum atomic E-state index is 13.7. The molecule has 1 aromatic heterocycles. The first-order chi connectivity index (χ1) is 18.4. The Balaban J connectivity index is 1.43. The monoisotopic (exact) mass is 632 g/mol. The van der Waals surface area contributed by atoms with Gasteiger partial charge in [0.25, 0.3) is 5.56 Å². The molecule has 0 aliphatic carbocycles. The molecular weight excluding hydrogens is 607 g/mol. The summed E-state index contributed by atoms with van der Waals surface area (Å²) in [5.41, 5.74) is 5.22. The first-order valence-corrected chi connectivity index (χ1v) is 13.5. The van der Waals surface area contributed by atoms with Gasteiger partial charge >= 0.3 is 0 Å². The van der Waals surface area contributed by atoms with Gasteiger partial charge in [0.15, 0.2) is 10.9 Å². The van der Waals surface area contributed by atoms with Crippen LogP contribution in [0.4, 0.5) is 11.4 Å². The third kappa shape index (κ3) is 6.03. The fourth-order valence-corrected chi connectivity index (χ4v) is 4.70. The quantitative estimate of drug-likeness (QED) is 0.155. The van der Waals surface area contributed by atoms with Gasteiger partial charge in [0.05, 0.1) is 16.6 Å². The average Bonchev–Trinajstić information content (AvgIpc) is 2.91. The molecule has 0 amide bonds. The number of hydrogen-bond donors (Lipinski definition) is 2. The van der Waals surface area contributed by atoms with Crippen molar-refractivity contribution in [2.24, 2.45) is 0 Å². The van der Waals surface area contributed by atoms with Crippen LogP contribution in [-0.4, -0.2) is 14.7 Å². The Morgan fingerprint density at radius 2 is 1.45 bits per heavy atom. The number of anilines is 2. The molecule has 0 fully saturated rings. The van der Waals surface area contributed by atoms with Crippen LogP contribution in [0.25, 0.3) is 16.6 Å². The highest BCUT2D eigenvalue weighted by molar-refractivity contribution is 14.1. The molecule has 0 radical (unpaired) electrons. The molecule has 2 N–H and O–H groups in total. The number of nitrogens with zero attached hydrogens (tertiary/aromatic N) is 2. The molecule has 0 aliphatic heterocycles. The predicted octanol–water partition coefficient (Wildman–Crippen LogP) is 7.00. The van der Waals surface area contributed by atoms with E-state index in [9.17, 15) is 4.79 Å². The van der Waals surface area contributed by atoms with Crippen LogP contribution in [0.2, 0.25) is 0 Å². The maximum absolute atomic E-state index is 13.7. The van der Waals surface area contributed by atoms with Crippen LogP contribution in [0.5, 0.6) is 5.75 Å². The predicted molar refractivity (Wildman–Crippen MR) is 167 cm³/mol. The molecule has 0 saturated heterocycles. The number of hydrogen-bond acceptors (Lipinski definition) is 4. The second kappa shape index (κ2) is 11.3. The Bertz CT molecular complexity index is 1670. The lowest BCUT2D eigenvalue weighted by atomic mass is 10.2. The van der Waals surface area contributed by atoms with E-state index in [1.54, 1.807) is 4.57 Å². The molecule has 38 heavy (non-hydrogen) atoms. The zero-order valence-corrected chi connectivity index (χ0v) is 23.8. The molecule has 0 saturated carbocycles. The highest BCUT2D eigenvalue weighted by Gasteiger charge is 2.14. The second-order valence-corrected chi connectivity index (χ2v) is 10.6. The summed E-state index contributed by atoms with van der Waals surface area (Å²) in [6, 6.07) is 29.0. The van der Waals surface area contributed by atoms with Crippen LogP contribution >= 0.6 is 34.8 Å². The molecule has 0 unspecified atom stereocenters. The molecule has 5 rings (SSSR count). The third-order valence-electron chi connectivity index (χ3n) is 5.98. The van der Waals surface area contributed by atoms with Gasteiger partial charge in [-0.1, -0.05) is 35.4 Å². The Hall–Kier alpha value is -3.76. The smallest absolute Gasteiger partial charge is 0.266 e. The van der Waals surface area contributed by atoms with Crippen molar-refractivity contribution >= 4 is 62.2 Å². The lowest BCUT2D eigenvalue weighted by Gasteiger charge is -2.16. The highest BCUT2D eigenvalue weighted by Crippen LogP contribution is 2.20. The molecule has 8 heteroatoms. The van der Waals surface area contributed by atoms with Gasteiger partial charge in [0.1, 0.15) is 12.4 Å². The van der Waals surface area contributed by atoms with Crippen molar-refractivity contribution in [3.8, 4) is 11.4 Å². The first kappa shape index (κ1) is 25.9. The highest BCUT2D eigenvalue weighted by atomic mass is 127. The van der Waals surface area contributed by atoms with Gasteiger partial charge in [-0.3, -0.25) is 9.36 Å². The van der Waals surface area contributed by atoms with E-state index in [1.165, 1.54) is 5.56 Å². The number of rotatable bonds is 6. The minimum atomic E-state index is -0.145. The molecular formula is C30H25IN4O2S. The molecule has 1 heterocycles. The van der Waals surface area contributed by atoms with Gasteiger partial charge in [-0.2, -0.15) is 0 Å². The van der Waals surface area contributed by atoms with Crippen molar-refractivity contribution < 1.29 is 4.74 Å².